The molecule has 1 N–H and O–H groups in total. The highest BCUT2D eigenvalue weighted by Crippen LogP contribution is 2.25. The van der Waals surface area contributed by atoms with E-state index in [2.05, 4.69) is 4.72 Å². The van der Waals surface area contributed by atoms with Crippen molar-refractivity contribution in [3.05, 3.63) is 51.9 Å². The van der Waals surface area contributed by atoms with Gasteiger partial charge in [-0.3, -0.25) is 4.72 Å². The topological polar surface area (TPSA) is 55.4 Å². The van der Waals surface area contributed by atoms with Crippen LogP contribution in [-0.4, -0.2) is 15.5 Å². The van der Waals surface area contributed by atoms with E-state index in [-0.39, 0.29) is 10.6 Å². The van der Waals surface area contributed by atoms with Gasteiger partial charge in [-0.1, -0.05) is 6.07 Å². The van der Waals surface area contributed by atoms with E-state index in [0.29, 0.717) is 9.32 Å². The Morgan fingerprint density at radius 1 is 1.20 bits per heavy atom. The molecule has 0 unspecified atom stereocenters. The Bertz CT molecular complexity index is 734. The number of anilines is 1. The van der Waals surface area contributed by atoms with Gasteiger partial charge >= 0.3 is 0 Å². The fourth-order valence-corrected chi connectivity index (χ4v) is 3.60. The van der Waals surface area contributed by atoms with E-state index in [0.717, 1.165) is 6.07 Å². The fourth-order valence-electron chi connectivity index (χ4n) is 1.58. The van der Waals surface area contributed by atoms with Crippen molar-refractivity contribution in [2.45, 2.75) is 4.90 Å². The summed E-state index contributed by atoms with van der Waals surface area (Å²) in [5.74, 6) is 0.0878. The third-order valence-electron chi connectivity index (χ3n) is 2.51. The molecule has 7 heteroatoms. The lowest BCUT2D eigenvalue weighted by molar-refractivity contribution is 0.411. The summed E-state index contributed by atoms with van der Waals surface area (Å²) in [6.45, 7) is 0. The molecule has 0 saturated carbocycles. The molecule has 0 aromatic heterocycles. The van der Waals surface area contributed by atoms with Crippen LogP contribution in [0.5, 0.6) is 5.75 Å². The van der Waals surface area contributed by atoms with E-state index < -0.39 is 15.8 Å². The third-order valence-corrected chi connectivity index (χ3v) is 4.73. The van der Waals surface area contributed by atoms with Crippen LogP contribution in [0, 0.1) is 9.39 Å². The Morgan fingerprint density at radius 3 is 2.55 bits per heavy atom. The predicted molar refractivity (Wildman–Crippen MR) is 82.9 cm³/mol. The van der Waals surface area contributed by atoms with Gasteiger partial charge in [0, 0.05) is 0 Å². The molecule has 2 aromatic carbocycles. The van der Waals surface area contributed by atoms with Crippen LogP contribution in [0.15, 0.2) is 47.4 Å². The van der Waals surface area contributed by atoms with Gasteiger partial charge in [-0.15, -0.1) is 0 Å². The molecule has 0 spiro atoms. The molecule has 0 atom stereocenters. The van der Waals surface area contributed by atoms with Gasteiger partial charge in [0.25, 0.3) is 10.0 Å². The maximum absolute atomic E-state index is 13.1. The van der Waals surface area contributed by atoms with Crippen LogP contribution in [0.2, 0.25) is 0 Å². The number of halogens is 2. The first-order chi connectivity index (χ1) is 9.42. The van der Waals surface area contributed by atoms with Crippen molar-refractivity contribution < 1.29 is 17.5 Å². The second-order valence-corrected chi connectivity index (χ2v) is 6.76. The van der Waals surface area contributed by atoms with Crippen molar-refractivity contribution >= 4 is 38.3 Å². The summed E-state index contributed by atoms with van der Waals surface area (Å²) >= 11 is 1.99. The van der Waals surface area contributed by atoms with E-state index in [1.165, 1.54) is 37.4 Å². The molecule has 0 heterocycles. The molecular weight excluding hydrogens is 396 g/mol. The van der Waals surface area contributed by atoms with Crippen molar-refractivity contribution in [1.82, 2.24) is 0 Å². The summed E-state index contributed by atoms with van der Waals surface area (Å²) < 4.78 is 45.5. The molecule has 2 rings (SSSR count). The van der Waals surface area contributed by atoms with Gasteiger partial charge in [0.15, 0.2) is 0 Å². The molecule has 0 aliphatic heterocycles. The zero-order valence-corrected chi connectivity index (χ0v) is 13.4. The molecule has 106 valence electrons. The average molecular weight is 407 g/mol. The smallest absolute Gasteiger partial charge is 0.261 e. The normalized spacial score (nSPS) is 11.2. The number of ether oxygens (including phenoxy) is 1. The Labute approximate surface area is 130 Å². The monoisotopic (exact) mass is 407 g/mol. The van der Waals surface area contributed by atoms with E-state index in [1.54, 1.807) is 6.07 Å². The molecular formula is C13H11FINO3S. The first-order valence-corrected chi connectivity index (χ1v) is 8.10. The number of hydrogen-bond acceptors (Lipinski definition) is 3. The Kier molecular flexibility index (Phi) is 4.48. The molecule has 0 bridgehead atoms. The number of nitrogens with one attached hydrogen (secondary N) is 1. The standard InChI is InChI=1S/C13H11FINO3S/c1-19-13-6-5-11(8-12(13)15)20(17,18)16-10-4-2-3-9(14)7-10/h2-8,16H,1H3. The molecule has 0 radical (unpaired) electrons. The fraction of sp³-hybridized carbons (Fsp3) is 0.0769. The van der Waals surface area contributed by atoms with Crippen LogP contribution in [-0.2, 0) is 10.0 Å². The van der Waals surface area contributed by atoms with Gasteiger partial charge in [-0.05, 0) is 59.0 Å². The van der Waals surface area contributed by atoms with Crippen molar-refractivity contribution in [3.63, 3.8) is 0 Å². The van der Waals surface area contributed by atoms with Crippen LogP contribution in [0.3, 0.4) is 0 Å². The minimum atomic E-state index is -3.75. The lowest BCUT2D eigenvalue weighted by Gasteiger charge is -2.10. The zero-order chi connectivity index (χ0) is 14.8. The zero-order valence-electron chi connectivity index (χ0n) is 10.4. The maximum atomic E-state index is 13.1. The molecule has 0 amide bonds. The van der Waals surface area contributed by atoms with Crippen molar-refractivity contribution in [3.8, 4) is 5.75 Å². The molecule has 0 aliphatic rings. The molecule has 0 aliphatic carbocycles. The Hall–Kier alpha value is -1.35. The van der Waals surface area contributed by atoms with Gasteiger partial charge in [-0.25, -0.2) is 12.8 Å². The first-order valence-electron chi connectivity index (χ1n) is 5.54. The molecule has 0 saturated heterocycles. The van der Waals surface area contributed by atoms with E-state index in [9.17, 15) is 12.8 Å². The highest BCUT2D eigenvalue weighted by atomic mass is 127. The quantitative estimate of drug-likeness (QED) is 0.792. The van der Waals surface area contributed by atoms with Crippen molar-refractivity contribution in [2.24, 2.45) is 0 Å². The molecule has 2 aromatic rings. The first kappa shape index (κ1) is 15.0. The summed E-state index contributed by atoms with van der Waals surface area (Å²) in [6.07, 6.45) is 0. The second kappa shape index (κ2) is 5.96. The third kappa shape index (κ3) is 3.40. The van der Waals surface area contributed by atoms with Crippen LogP contribution >= 0.6 is 22.6 Å². The average Bonchev–Trinajstić information content (AvgIpc) is 2.38. The molecule has 4 nitrogen and oxygen atoms in total. The largest absolute Gasteiger partial charge is 0.496 e. The number of rotatable bonds is 4. The van der Waals surface area contributed by atoms with E-state index >= 15 is 0 Å². The predicted octanol–water partition coefficient (Wildman–Crippen LogP) is 3.24. The minimum Gasteiger partial charge on any atom is -0.496 e. The summed E-state index contributed by atoms with van der Waals surface area (Å²) in [6, 6.07) is 9.77. The SMILES string of the molecule is COc1ccc(S(=O)(=O)Nc2cccc(F)c2)cc1I. The number of sulfonamides is 1. The minimum absolute atomic E-state index is 0.0898. The number of hydrogen-bond donors (Lipinski definition) is 1. The number of benzene rings is 2. The van der Waals surface area contributed by atoms with E-state index in [1.807, 2.05) is 22.6 Å². The summed E-state index contributed by atoms with van der Waals surface area (Å²) in [7, 11) is -2.24. The van der Waals surface area contributed by atoms with Crippen LogP contribution in [0.1, 0.15) is 0 Å². The molecule has 0 fully saturated rings. The molecule has 20 heavy (non-hydrogen) atoms. The van der Waals surface area contributed by atoms with Gasteiger partial charge < -0.3 is 4.74 Å². The van der Waals surface area contributed by atoms with Gasteiger partial charge in [0.1, 0.15) is 11.6 Å². The Balaban J connectivity index is 2.33. The van der Waals surface area contributed by atoms with Crippen LogP contribution in [0.25, 0.3) is 0 Å². The summed E-state index contributed by atoms with van der Waals surface area (Å²) in [4.78, 5) is 0.0898. The lowest BCUT2D eigenvalue weighted by Crippen LogP contribution is -2.13. The summed E-state index contributed by atoms with van der Waals surface area (Å²) in [5, 5.41) is 0. The summed E-state index contributed by atoms with van der Waals surface area (Å²) in [5.41, 5.74) is 0.177. The van der Waals surface area contributed by atoms with Crippen LogP contribution < -0.4 is 9.46 Å². The van der Waals surface area contributed by atoms with Crippen molar-refractivity contribution in [2.75, 3.05) is 11.8 Å². The number of methoxy groups -OCH3 is 1. The lowest BCUT2D eigenvalue weighted by atomic mass is 10.3. The van der Waals surface area contributed by atoms with E-state index in [4.69, 9.17) is 4.74 Å². The highest BCUT2D eigenvalue weighted by Gasteiger charge is 2.16. The van der Waals surface area contributed by atoms with Crippen LogP contribution in [0.4, 0.5) is 10.1 Å². The van der Waals surface area contributed by atoms with Gasteiger partial charge in [0.2, 0.25) is 0 Å². The Morgan fingerprint density at radius 2 is 1.95 bits per heavy atom. The van der Waals surface area contributed by atoms with Gasteiger partial charge in [0.05, 0.1) is 21.3 Å². The van der Waals surface area contributed by atoms with Crippen molar-refractivity contribution in [1.29, 1.82) is 0 Å². The maximum Gasteiger partial charge on any atom is 0.261 e. The second-order valence-electron chi connectivity index (χ2n) is 3.91. The highest BCUT2D eigenvalue weighted by molar-refractivity contribution is 14.1. The van der Waals surface area contributed by atoms with Gasteiger partial charge in [-0.2, -0.15) is 0 Å².